The van der Waals surface area contributed by atoms with E-state index in [1.165, 1.54) is 35.2 Å². The number of aromatic nitrogens is 1. The van der Waals surface area contributed by atoms with Crippen LogP contribution >= 0.6 is 23.1 Å². The van der Waals surface area contributed by atoms with Crippen LogP contribution in [0.4, 0.5) is 18.9 Å². The van der Waals surface area contributed by atoms with Gasteiger partial charge in [-0.15, -0.1) is 23.1 Å². The number of rotatable bonds is 7. The summed E-state index contributed by atoms with van der Waals surface area (Å²) in [6.45, 7) is 7.12. The summed E-state index contributed by atoms with van der Waals surface area (Å²) in [5, 5.41) is 12.7. The van der Waals surface area contributed by atoms with Gasteiger partial charge in [-0.3, -0.25) is 9.59 Å². The highest BCUT2D eigenvalue weighted by Crippen LogP contribution is 2.40. The van der Waals surface area contributed by atoms with E-state index in [0.717, 1.165) is 39.3 Å². The number of halogens is 3. The summed E-state index contributed by atoms with van der Waals surface area (Å²) in [5.74, 6) is -1.46. The zero-order valence-corrected chi connectivity index (χ0v) is 23.1. The summed E-state index contributed by atoms with van der Waals surface area (Å²) >= 11 is 2.57. The largest absolute Gasteiger partial charge is 0.480 e. The van der Waals surface area contributed by atoms with Gasteiger partial charge in [-0.25, -0.2) is 4.98 Å². The summed E-state index contributed by atoms with van der Waals surface area (Å²) < 4.78 is 37.8. The van der Waals surface area contributed by atoms with Crippen molar-refractivity contribution in [3.05, 3.63) is 89.1 Å². The van der Waals surface area contributed by atoms with Gasteiger partial charge in [0, 0.05) is 16.1 Å². The molecule has 202 valence electrons. The first-order chi connectivity index (χ1) is 18.2. The molecule has 3 aromatic carbocycles. The van der Waals surface area contributed by atoms with Crippen molar-refractivity contribution in [2.75, 3.05) is 5.32 Å². The zero-order valence-electron chi connectivity index (χ0n) is 21.5. The maximum atomic E-state index is 13.3. The topological polar surface area (TPSA) is 79.3 Å². The molecule has 0 radical (unpaired) electrons. The Balaban J connectivity index is 1.70. The van der Waals surface area contributed by atoms with Gasteiger partial charge in [0.05, 0.1) is 10.4 Å². The van der Waals surface area contributed by atoms with E-state index in [-0.39, 0.29) is 11.4 Å². The molecule has 1 aromatic heterocycles. The summed E-state index contributed by atoms with van der Waals surface area (Å²) in [5.41, 5.74) is 3.06. The molecule has 0 aliphatic heterocycles. The first-order valence-electron chi connectivity index (χ1n) is 11.8. The van der Waals surface area contributed by atoms with Crippen LogP contribution in [0.3, 0.4) is 0 Å². The number of thiazole rings is 1. The lowest BCUT2D eigenvalue weighted by Gasteiger charge is -2.19. The average Bonchev–Trinajstić information content (AvgIpc) is 3.29. The minimum atomic E-state index is -4.47. The van der Waals surface area contributed by atoms with Crippen molar-refractivity contribution < 1.29 is 27.9 Å². The van der Waals surface area contributed by atoms with Gasteiger partial charge in [-0.1, -0.05) is 35.9 Å². The normalized spacial score (nSPS) is 11.9. The third-order valence-electron chi connectivity index (χ3n) is 5.94. The SMILES string of the molecule is Cc1ccc(-c2sc(-c3ccc(SC(C)(C)C(=O)O)cc3C)nc2C(=O)Nc2ccc(C(F)(F)F)cc2)cc1. The number of hydrogen-bond donors (Lipinski definition) is 2. The molecular weight excluding hydrogens is 545 g/mol. The molecule has 10 heteroatoms. The second-order valence-electron chi connectivity index (χ2n) is 9.49. The molecule has 5 nitrogen and oxygen atoms in total. The van der Waals surface area contributed by atoms with E-state index < -0.39 is 28.4 Å². The Labute approximate surface area is 232 Å². The van der Waals surface area contributed by atoms with Crippen molar-refractivity contribution in [3.63, 3.8) is 0 Å². The maximum absolute atomic E-state index is 13.3. The molecular formula is C29H25F3N2O3S2. The summed E-state index contributed by atoms with van der Waals surface area (Å²) in [4.78, 5) is 30.9. The first-order valence-corrected chi connectivity index (χ1v) is 13.5. The molecule has 2 N–H and O–H groups in total. The Bertz CT molecular complexity index is 1530. The molecule has 39 heavy (non-hydrogen) atoms. The van der Waals surface area contributed by atoms with Crippen molar-refractivity contribution in [2.45, 2.75) is 43.5 Å². The number of benzene rings is 3. The molecule has 0 saturated carbocycles. The fourth-order valence-corrected chi connectivity index (χ4v) is 5.91. The predicted molar refractivity (Wildman–Crippen MR) is 149 cm³/mol. The number of aryl methyl sites for hydroxylation is 2. The van der Waals surface area contributed by atoms with E-state index in [1.54, 1.807) is 13.8 Å². The van der Waals surface area contributed by atoms with E-state index in [1.807, 2.05) is 56.3 Å². The highest BCUT2D eigenvalue weighted by Gasteiger charge is 2.30. The monoisotopic (exact) mass is 570 g/mol. The van der Waals surface area contributed by atoms with E-state index in [2.05, 4.69) is 10.3 Å². The Kier molecular flexibility index (Phi) is 7.90. The second kappa shape index (κ2) is 10.9. The number of carbonyl (C=O) groups excluding carboxylic acids is 1. The van der Waals surface area contributed by atoms with Crippen LogP contribution < -0.4 is 5.32 Å². The van der Waals surface area contributed by atoms with Crippen LogP contribution in [0.1, 0.15) is 41.0 Å². The summed E-state index contributed by atoms with van der Waals surface area (Å²) in [6, 6.07) is 17.4. The standard InChI is InChI=1S/C29H25F3N2O3S2/c1-16-5-7-18(8-6-16)24-23(25(35)33-20-11-9-19(10-12-20)29(30,31)32)34-26(38-24)22-14-13-21(15-17(22)2)39-28(3,4)27(36)37/h5-15H,1-4H3,(H,33,35)(H,36,37). The van der Waals surface area contributed by atoms with Crippen molar-refractivity contribution in [1.29, 1.82) is 0 Å². The summed E-state index contributed by atoms with van der Waals surface area (Å²) in [7, 11) is 0. The fourth-order valence-electron chi connectivity index (χ4n) is 3.70. The van der Waals surface area contributed by atoms with Crippen LogP contribution in [-0.2, 0) is 11.0 Å². The number of amides is 1. The minimum Gasteiger partial charge on any atom is -0.480 e. The van der Waals surface area contributed by atoms with Crippen molar-refractivity contribution in [3.8, 4) is 21.0 Å². The average molecular weight is 571 g/mol. The van der Waals surface area contributed by atoms with Gasteiger partial charge in [-0.2, -0.15) is 13.2 Å². The minimum absolute atomic E-state index is 0.156. The number of carboxylic acids is 1. The van der Waals surface area contributed by atoms with Crippen LogP contribution in [0.15, 0.2) is 71.6 Å². The Morgan fingerprint density at radius 3 is 2.15 bits per heavy atom. The number of nitrogens with zero attached hydrogens (tertiary/aromatic N) is 1. The lowest BCUT2D eigenvalue weighted by atomic mass is 10.1. The van der Waals surface area contributed by atoms with Crippen LogP contribution in [-0.4, -0.2) is 26.7 Å². The number of carboxylic acid groups (broad SMARTS) is 1. The molecule has 4 aromatic rings. The number of alkyl halides is 3. The predicted octanol–water partition coefficient (Wildman–Crippen LogP) is 8.32. The molecule has 0 bridgehead atoms. The van der Waals surface area contributed by atoms with Gasteiger partial charge in [0.2, 0.25) is 0 Å². The van der Waals surface area contributed by atoms with Gasteiger partial charge >= 0.3 is 12.1 Å². The molecule has 0 atom stereocenters. The molecule has 1 amide bonds. The van der Waals surface area contributed by atoms with Gasteiger partial charge in [0.15, 0.2) is 0 Å². The molecule has 0 spiro atoms. The van der Waals surface area contributed by atoms with Gasteiger partial charge in [0.1, 0.15) is 15.4 Å². The van der Waals surface area contributed by atoms with E-state index in [4.69, 9.17) is 0 Å². The van der Waals surface area contributed by atoms with Gasteiger partial charge in [-0.05, 0) is 75.2 Å². The fraction of sp³-hybridized carbons (Fsp3) is 0.207. The number of carbonyl (C=O) groups is 2. The number of hydrogen-bond acceptors (Lipinski definition) is 5. The molecule has 0 unspecified atom stereocenters. The number of nitrogens with one attached hydrogen (secondary N) is 1. The second-order valence-corrected chi connectivity index (χ2v) is 12.2. The van der Waals surface area contributed by atoms with E-state index in [9.17, 15) is 27.9 Å². The molecule has 0 fully saturated rings. The van der Waals surface area contributed by atoms with E-state index in [0.29, 0.717) is 9.88 Å². The highest BCUT2D eigenvalue weighted by molar-refractivity contribution is 8.01. The highest BCUT2D eigenvalue weighted by atomic mass is 32.2. The first kappa shape index (κ1) is 28.4. The Morgan fingerprint density at radius 1 is 0.949 bits per heavy atom. The molecule has 0 aliphatic rings. The smallest absolute Gasteiger partial charge is 0.416 e. The third kappa shape index (κ3) is 6.51. The van der Waals surface area contributed by atoms with E-state index >= 15 is 0 Å². The molecule has 4 rings (SSSR count). The quantitative estimate of drug-likeness (QED) is 0.219. The summed E-state index contributed by atoms with van der Waals surface area (Å²) in [6.07, 6.45) is -4.47. The number of thioether (sulfide) groups is 1. The van der Waals surface area contributed by atoms with Crippen LogP contribution in [0.25, 0.3) is 21.0 Å². The number of aliphatic carboxylic acids is 1. The maximum Gasteiger partial charge on any atom is 0.416 e. The third-order valence-corrected chi connectivity index (χ3v) is 8.25. The lowest BCUT2D eigenvalue weighted by molar-refractivity contribution is -0.139. The lowest BCUT2D eigenvalue weighted by Crippen LogP contribution is -2.26. The van der Waals surface area contributed by atoms with Crippen molar-refractivity contribution >= 4 is 40.7 Å². The Hall–Kier alpha value is -3.63. The molecule has 0 saturated heterocycles. The van der Waals surface area contributed by atoms with Crippen LogP contribution in [0.2, 0.25) is 0 Å². The molecule has 1 heterocycles. The van der Waals surface area contributed by atoms with Gasteiger partial charge < -0.3 is 10.4 Å². The van der Waals surface area contributed by atoms with Crippen LogP contribution in [0, 0.1) is 13.8 Å². The van der Waals surface area contributed by atoms with Crippen molar-refractivity contribution in [1.82, 2.24) is 4.98 Å². The Morgan fingerprint density at radius 2 is 1.59 bits per heavy atom. The zero-order chi connectivity index (χ0) is 28.5. The van der Waals surface area contributed by atoms with Crippen LogP contribution in [0.5, 0.6) is 0 Å². The van der Waals surface area contributed by atoms with Gasteiger partial charge in [0.25, 0.3) is 5.91 Å². The van der Waals surface area contributed by atoms with Crippen molar-refractivity contribution in [2.24, 2.45) is 0 Å². The molecule has 0 aliphatic carbocycles. The number of anilines is 1.